The van der Waals surface area contributed by atoms with Crippen LogP contribution >= 0.6 is 0 Å². The molecule has 1 saturated carbocycles. The van der Waals surface area contributed by atoms with Gasteiger partial charge in [-0.1, -0.05) is 48.5 Å². The highest BCUT2D eigenvalue weighted by Gasteiger charge is 2.54. The third-order valence-corrected chi connectivity index (χ3v) is 4.55. The van der Waals surface area contributed by atoms with Gasteiger partial charge >= 0.3 is 0 Å². The molecule has 0 aromatic heterocycles. The van der Waals surface area contributed by atoms with Crippen molar-refractivity contribution >= 4 is 5.78 Å². The van der Waals surface area contributed by atoms with E-state index in [0.717, 1.165) is 28.7 Å². The lowest BCUT2D eigenvalue weighted by Gasteiger charge is -2.37. The Morgan fingerprint density at radius 1 is 1.00 bits per heavy atom. The fourth-order valence-corrected chi connectivity index (χ4v) is 3.68. The maximum absolute atomic E-state index is 12.3. The largest absolute Gasteiger partial charge is 0.377 e. The summed E-state index contributed by atoms with van der Waals surface area (Å²) in [6.07, 6.45) is 1.20. The van der Waals surface area contributed by atoms with Gasteiger partial charge in [0.15, 0.2) is 11.4 Å². The predicted molar refractivity (Wildman–Crippen MR) is 72.8 cm³/mol. The molecule has 2 aromatic rings. The number of rotatable bonds is 0. The summed E-state index contributed by atoms with van der Waals surface area (Å²) < 4.78 is 0. The first kappa shape index (κ1) is 10.9. The summed E-state index contributed by atoms with van der Waals surface area (Å²) in [5.41, 5.74) is 2.72. The van der Waals surface area contributed by atoms with Gasteiger partial charge in [0.25, 0.3) is 0 Å². The molecular weight excluding hydrogens is 236 g/mol. The van der Waals surface area contributed by atoms with Crippen molar-refractivity contribution in [2.24, 2.45) is 0 Å². The second-order valence-corrected chi connectivity index (χ2v) is 5.41. The molecule has 2 aliphatic rings. The number of hydrogen-bond acceptors (Lipinski definition) is 2. The van der Waals surface area contributed by atoms with Gasteiger partial charge in [0.1, 0.15) is 0 Å². The Morgan fingerprint density at radius 3 is 2.53 bits per heavy atom. The molecule has 0 unspecified atom stereocenters. The summed E-state index contributed by atoms with van der Waals surface area (Å²) in [6.45, 7) is 0. The summed E-state index contributed by atoms with van der Waals surface area (Å²) in [6, 6.07) is 15.9. The van der Waals surface area contributed by atoms with E-state index in [1.165, 1.54) is 0 Å². The third kappa shape index (κ3) is 1.22. The Bertz CT molecular complexity index is 689. The van der Waals surface area contributed by atoms with Gasteiger partial charge in [-0.05, 0) is 28.7 Å². The number of hydrogen-bond donors (Lipinski definition) is 1. The molecule has 2 aromatic carbocycles. The molecule has 0 amide bonds. The zero-order valence-electron chi connectivity index (χ0n) is 10.5. The van der Waals surface area contributed by atoms with E-state index in [9.17, 15) is 9.90 Å². The van der Waals surface area contributed by atoms with E-state index < -0.39 is 5.60 Å². The van der Waals surface area contributed by atoms with Crippen LogP contribution in [0.3, 0.4) is 0 Å². The fraction of sp³-hybridized carbons (Fsp3) is 0.235. The molecule has 2 nitrogen and oxygen atoms in total. The standard InChI is InChI=1S/C17H14O2/c18-16-10-9-15-13-6-2-1-5-11(13)12-7-3-4-8-14(12)17(15,16)19/h1-8,15,19H,9-10H2/t15-,17+/m0/s1. The topological polar surface area (TPSA) is 37.3 Å². The number of ketones is 1. The molecule has 0 heterocycles. The van der Waals surface area contributed by atoms with Crippen molar-refractivity contribution in [3.8, 4) is 11.1 Å². The Balaban J connectivity index is 2.11. The Labute approximate surface area is 111 Å². The van der Waals surface area contributed by atoms with Crippen molar-refractivity contribution < 1.29 is 9.90 Å². The average Bonchev–Trinajstić information content (AvgIpc) is 2.77. The van der Waals surface area contributed by atoms with Crippen molar-refractivity contribution in [2.45, 2.75) is 24.4 Å². The molecular formula is C17H14O2. The van der Waals surface area contributed by atoms with Gasteiger partial charge in [-0.3, -0.25) is 4.79 Å². The summed E-state index contributed by atoms with van der Waals surface area (Å²) in [5.74, 6) is -0.134. The summed E-state index contributed by atoms with van der Waals surface area (Å²) in [7, 11) is 0. The average molecular weight is 250 g/mol. The molecule has 0 radical (unpaired) electrons. The second kappa shape index (κ2) is 3.55. The molecule has 2 heteroatoms. The van der Waals surface area contributed by atoms with Crippen LogP contribution in [0.2, 0.25) is 0 Å². The highest BCUT2D eigenvalue weighted by Crippen LogP contribution is 2.55. The Morgan fingerprint density at radius 2 is 1.68 bits per heavy atom. The van der Waals surface area contributed by atoms with Crippen molar-refractivity contribution in [1.29, 1.82) is 0 Å². The van der Waals surface area contributed by atoms with Crippen LogP contribution in [0.4, 0.5) is 0 Å². The van der Waals surface area contributed by atoms with Gasteiger partial charge < -0.3 is 5.11 Å². The monoisotopic (exact) mass is 250 g/mol. The van der Waals surface area contributed by atoms with Crippen molar-refractivity contribution in [3.05, 3.63) is 59.7 Å². The smallest absolute Gasteiger partial charge is 0.169 e. The molecule has 19 heavy (non-hydrogen) atoms. The number of fused-ring (bicyclic) bond motifs is 6. The first-order valence-corrected chi connectivity index (χ1v) is 6.67. The van der Waals surface area contributed by atoms with Gasteiger partial charge in [0.2, 0.25) is 0 Å². The first-order valence-electron chi connectivity index (χ1n) is 6.67. The van der Waals surface area contributed by atoms with Crippen molar-refractivity contribution in [2.75, 3.05) is 0 Å². The number of benzene rings is 2. The minimum absolute atomic E-state index is 0.0422. The molecule has 94 valence electrons. The quantitative estimate of drug-likeness (QED) is 0.780. The van der Waals surface area contributed by atoms with Crippen LogP contribution in [-0.4, -0.2) is 10.9 Å². The molecule has 0 saturated heterocycles. The van der Waals surface area contributed by atoms with Crippen LogP contribution in [-0.2, 0) is 10.4 Å². The maximum Gasteiger partial charge on any atom is 0.169 e. The Hall–Kier alpha value is -1.93. The van der Waals surface area contributed by atoms with E-state index in [1.54, 1.807) is 0 Å². The molecule has 1 fully saturated rings. The molecule has 4 rings (SSSR count). The number of carbonyl (C=O) groups is 1. The zero-order valence-corrected chi connectivity index (χ0v) is 10.5. The maximum atomic E-state index is 12.3. The van der Waals surface area contributed by atoms with Gasteiger partial charge in [-0.25, -0.2) is 0 Å². The molecule has 0 spiro atoms. The van der Waals surface area contributed by atoms with E-state index in [4.69, 9.17) is 0 Å². The summed E-state index contributed by atoms with van der Waals surface area (Å²) in [4.78, 5) is 12.3. The van der Waals surface area contributed by atoms with Crippen LogP contribution < -0.4 is 0 Å². The lowest BCUT2D eigenvalue weighted by atomic mass is 9.70. The van der Waals surface area contributed by atoms with Gasteiger partial charge in [0, 0.05) is 12.3 Å². The molecule has 1 N–H and O–H groups in total. The first-order chi connectivity index (χ1) is 9.23. The van der Waals surface area contributed by atoms with E-state index in [0.29, 0.717) is 6.42 Å². The van der Waals surface area contributed by atoms with Crippen LogP contribution in [0.5, 0.6) is 0 Å². The lowest BCUT2D eigenvalue weighted by molar-refractivity contribution is -0.135. The third-order valence-electron chi connectivity index (χ3n) is 4.55. The van der Waals surface area contributed by atoms with Gasteiger partial charge in [0.05, 0.1) is 0 Å². The molecule has 0 bridgehead atoms. The molecule has 0 aliphatic heterocycles. The summed E-state index contributed by atoms with van der Waals surface area (Å²) >= 11 is 0. The molecule has 2 aliphatic carbocycles. The Kier molecular flexibility index (Phi) is 2.04. The van der Waals surface area contributed by atoms with Crippen LogP contribution in [0.1, 0.15) is 29.9 Å². The second-order valence-electron chi connectivity index (χ2n) is 5.41. The molecule has 2 atom stereocenters. The number of carbonyl (C=O) groups excluding carboxylic acids is 1. The van der Waals surface area contributed by atoms with E-state index in [2.05, 4.69) is 6.07 Å². The highest BCUT2D eigenvalue weighted by molar-refractivity contribution is 5.96. The minimum atomic E-state index is -1.31. The van der Waals surface area contributed by atoms with Crippen LogP contribution in [0.15, 0.2) is 48.5 Å². The lowest BCUT2D eigenvalue weighted by Crippen LogP contribution is -2.38. The van der Waals surface area contributed by atoms with E-state index >= 15 is 0 Å². The van der Waals surface area contributed by atoms with Crippen LogP contribution in [0.25, 0.3) is 11.1 Å². The minimum Gasteiger partial charge on any atom is -0.377 e. The highest BCUT2D eigenvalue weighted by atomic mass is 16.3. The van der Waals surface area contributed by atoms with Gasteiger partial charge in [-0.2, -0.15) is 0 Å². The fourth-order valence-electron chi connectivity index (χ4n) is 3.68. The number of Topliss-reactive ketones (excluding diaryl/α,β-unsaturated/α-hetero) is 1. The SMILES string of the molecule is O=C1CC[C@H]2c3ccccc3-c3ccccc3[C@]12O. The predicted octanol–water partition coefficient (Wildman–Crippen LogP) is 3.00. The summed E-state index contributed by atoms with van der Waals surface area (Å²) in [5, 5.41) is 11.0. The zero-order chi connectivity index (χ0) is 13.0. The number of aliphatic hydroxyl groups is 1. The van der Waals surface area contributed by atoms with Crippen LogP contribution in [0, 0.1) is 0 Å². The normalized spacial score (nSPS) is 27.6. The van der Waals surface area contributed by atoms with E-state index in [-0.39, 0.29) is 11.7 Å². The van der Waals surface area contributed by atoms with Crippen molar-refractivity contribution in [1.82, 2.24) is 0 Å². The van der Waals surface area contributed by atoms with E-state index in [1.807, 2.05) is 42.5 Å². The van der Waals surface area contributed by atoms with Gasteiger partial charge in [-0.15, -0.1) is 0 Å². The van der Waals surface area contributed by atoms with Crippen molar-refractivity contribution in [3.63, 3.8) is 0 Å².